The number of nitrogens with zero attached hydrogens (tertiary/aromatic N) is 4. The fourth-order valence-corrected chi connectivity index (χ4v) is 3.71. The van der Waals surface area contributed by atoms with Gasteiger partial charge in [0.05, 0.1) is 6.04 Å². The highest BCUT2D eigenvalue weighted by Crippen LogP contribution is 2.24. The van der Waals surface area contributed by atoms with Gasteiger partial charge in [0.25, 0.3) is 5.91 Å². The van der Waals surface area contributed by atoms with Gasteiger partial charge >= 0.3 is 0 Å². The lowest BCUT2D eigenvalue weighted by Gasteiger charge is -2.36. The average Bonchev–Trinajstić information content (AvgIpc) is 3.28. The van der Waals surface area contributed by atoms with Crippen molar-refractivity contribution in [3.05, 3.63) is 65.0 Å². The second-order valence-corrected chi connectivity index (χ2v) is 8.10. The monoisotopic (exact) mass is 440 g/mol. The third kappa shape index (κ3) is 5.24. The molecule has 0 N–H and O–H groups in total. The molecule has 1 aliphatic heterocycles. The first kappa shape index (κ1) is 21.3. The van der Waals surface area contributed by atoms with Crippen molar-refractivity contribution < 1.29 is 14.1 Å². The summed E-state index contributed by atoms with van der Waals surface area (Å²) < 4.78 is 11.1. The Labute approximate surface area is 186 Å². The van der Waals surface area contributed by atoms with Crippen LogP contribution in [0.1, 0.15) is 24.4 Å². The number of amides is 1. The van der Waals surface area contributed by atoms with Gasteiger partial charge in [0.2, 0.25) is 11.7 Å². The Kier molecular flexibility index (Phi) is 6.53. The van der Waals surface area contributed by atoms with Gasteiger partial charge in [-0.2, -0.15) is 4.98 Å². The van der Waals surface area contributed by atoms with Crippen molar-refractivity contribution in [2.45, 2.75) is 19.9 Å². The van der Waals surface area contributed by atoms with Crippen molar-refractivity contribution in [3.63, 3.8) is 0 Å². The van der Waals surface area contributed by atoms with Crippen LogP contribution in [0.3, 0.4) is 0 Å². The Hall–Kier alpha value is -2.90. The zero-order valence-corrected chi connectivity index (χ0v) is 18.4. The molecule has 8 heteroatoms. The number of rotatable bonds is 6. The van der Waals surface area contributed by atoms with Crippen LogP contribution in [-0.4, -0.2) is 58.6 Å². The van der Waals surface area contributed by atoms with E-state index in [4.69, 9.17) is 20.9 Å². The van der Waals surface area contributed by atoms with E-state index in [2.05, 4.69) is 15.0 Å². The van der Waals surface area contributed by atoms with E-state index in [-0.39, 0.29) is 18.6 Å². The summed E-state index contributed by atoms with van der Waals surface area (Å²) in [6, 6.07) is 15.1. The number of aryl methyl sites for hydroxylation is 1. The number of benzene rings is 2. The molecule has 0 radical (unpaired) electrons. The highest BCUT2D eigenvalue weighted by molar-refractivity contribution is 6.30. The maximum absolute atomic E-state index is 12.5. The van der Waals surface area contributed by atoms with E-state index < -0.39 is 0 Å². The largest absolute Gasteiger partial charge is 0.484 e. The fourth-order valence-electron chi connectivity index (χ4n) is 3.53. The number of halogens is 1. The van der Waals surface area contributed by atoms with Crippen LogP contribution in [0.5, 0.6) is 5.75 Å². The second-order valence-electron chi connectivity index (χ2n) is 7.66. The zero-order valence-electron chi connectivity index (χ0n) is 17.6. The number of hydrogen-bond donors (Lipinski definition) is 0. The number of aromatic nitrogens is 2. The number of hydrogen-bond acceptors (Lipinski definition) is 6. The molecule has 162 valence electrons. The minimum Gasteiger partial charge on any atom is -0.484 e. The molecule has 1 saturated heterocycles. The molecule has 1 atom stereocenters. The van der Waals surface area contributed by atoms with Crippen molar-refractivity contribution in [1.82, 2.24) is 19.9 Å². The summed E-state index contributed by atoms with van der Waals surface area (Å²) in [7, 11) is 0. The zero-order chi connectivity index (χ0) is 21.8. The van der Waals surface area contributed by atoms with Crippen LogP contribution in [0.4, 0.5) is 0 Å². The van der Waals surface area contributed by atoms with Gasteiger partial charge in [0, 0.05) is 36.8 Å². The molecular weight excluding hydrogens is 416 g/mol. The molecule has 1 amide bonds. The number of ether oxygens (including phenoxy) is 1. The van der Waals surface area contributed by atoms with Crippen molar-refractivity contribution in [2.75, 3.05) is 32.8 Å². The van der Waals surface area contributed by atoms with E-state index in [1.54, 1.807) is 24.3 Å². The third-order valence-corrected chi connectivity index (χ3v) is 5.72. The van der Waals surface area contributed by atoms with Crippen molar-refractivity contribution in [2.24, 2.45) is 0 Å². The van der Waals surface area contributed by atoms with E-state index >= 15 is 0 Å². The molecule has 2 heterocycles. The minimum atomic E-state index is -0.0354. The minimum absolute atomic E-state index is 0.000531. The summed E-state index contributed by atoms with van der Waals surface area (Å²) in [5.74, 6) is 1.73. The van der Waals surface area contributed by atoms with Crippen LogP contribution in [0.15, 0.2) is 53.1 Å². The molecule has 0 saturated carbocycles. The van der Waals surface area contributed by atoms with Gasteiger partial charge < -0.3 is 14.2 Å². The number of carbonyl (C=O) groups excluding carboxylic acids is 1. The van der Waals surface area contributed by atoms with Gasteiger partial charge in [-0.3, -0.25) is 9.69 Å². The molecule has 1 fully saturated rings. The van der Waals surface area contributed by atoms with E-state index in [1.807, 2.05) is 43.0 Å². The quantitative estimate of drug-likeness (QED) is 0.577. The molecule has 31 heavy (non-hydrogen) atoms. The molecule has 3 aromatic rings. The first-order valence-electron chi connectivity index (χ1n) is 10.3. The molecular formula is C23H25ClN4O3. The number of carbonyl (C=O) groups is 1. The van der Waals surface area contributed by atoms with Crippen LogP contribution in [0.25, 0.3) is 11.4 Å². The van der Waals surface area contributed by atoms with Gasteiger partial charge in [-0.25, -0.2) is 0 Å². The van der Waals surface area contributed by atoms with Crippen LogP contribution >= 0.6 is 11.6 Å². The maximum Gasteiger partial charge on any atom is 0.260 e. The van der Waals surface area contributed by atoms with Crippen LogP contribution in [-0.2, 0) is 4.79 Å². The summed E-state index contributed by atoms with van der Waals surface area (Å²) in [6.45, 7) is 6.80. The Balaban J connectivity index is 1.29. The van der Waals surface area contributed by atoms with Gasteiger partial charge in [0.1, 0.15) is 5.75 Å². The first-order valence-corrected chi connectivity index (χ1v) is 10.7. The molecule has 0 spiro atoms. The summed E-state index contributed by atoms with van der Waals surface area (Å²) in [4.78, 5) is 21.1. The molecule has 1 unspecified atom stereocenters. The third-order valence-electron chi connectivity index (χ3n) is 5.48. The van der Waals surface area contributed by atoms with Crippen molar-refractivity contribution in [3.8, 4) is 17.1 Å². The van der Waals surface area contributed by atoms with E-state index in [1.165, 1.54) is 5.56 Å². The van der Waals surface area contributed by atoms with Gasteiger partial charge in [-0.15, -0.1) is 0 Å². The molecule has 4 rings (SSSR count). The number of piperazine rings is 1. The van der Waals surface area contributed by atoms with Gasteiger partial charge in [-0.1, -0.05) is 52.7 Å². The molecule has 0 aliphatic carbocycles. The van der Waals surface area contributed by atoms with Gasteiger partial charge in [-0.05, 0) is 32.0 Å². The fraction of sp³-hybridized carbons (Fsp3) is 0.348. The molecule has 0 bridgehead atoms. The lowest BCUT2D eigenvalue weighted by molar-refractivity contribution is -0.135. The van der Waals surface area contributed by atoms with Crippen molar-refractivity contribution >= 4 is 17.5 Å². The average molecular weight is 441 g/mol. The van der Waals surface area contributed by atoms with Crippen LogP contribution in [0, 0.1) is 6.92 Å². The van der Waals surface area contributed by atoms with Gasteiger partial charge in [0.15, 0.2) is 6.61 Å². The van der Waals surface area contributed by atoms with E-state index in [9.17, 15) is 4.79 Å². The Bertz CT molecular complexity index is 1030. The standard InChI is InChI=1S/C23H25ClN4O3/c1-16-6-8-18(9-7-16)22-25-23(31-26-22)17(2)27-10-12-28(13-11-27)21(29)15-30-20-5-3-4-19(24)14-20/h3-9,14,17H,10-13,15H2,1-2H3. The van der Waals surface area contributed by atoms with E-state index in [0.717, 1.165) is 18.7 Å². The Morgan fingerprint density at radius 2 is 1.90 bits per heavy atom. The highest BCUT2D eigenvalue weighted by Gasteiger charge is 2.28. The Morgan fingerprint density at radius 3 is 2.61 bits per heavy atom. The topological polar surface area (TPSA) is 71.7 Å². The molecule has 2 aromatic carbocycles. The van der Waals surface area contributed by atoms with Crippen LogP contribution < -0.4 is 4.74 Å². The van der Waals surface area contributed by atoms with E-state index in [0.29, 0.717) is 35.6 Å². The molecule has 1 aromatic heterocycles. The predicted octanol–water partition coefficient (Wildman–Crippen LogP) is 3.98. The summed E-state index contributed by atoms with van der Waals surface area (Å²) in [5.41, 5.74) is 2.12. The first-order chi connectivity index (χ1) is 15.0. The SMILES string of the molecule is Cc1ccc(-c2noc(C(C)N3CCN(C(=O)COc4cccc(Cl)c4)CC3)n2)cc1. The predicted molar refractivity (Wildman–Crippen MR) is 118 cm³/mol. The summed E-state index contributed by atoms with van der Waals surface area (Å²) in [6.07, 6.45) is 0. The molecule has 1 aliphatic rings. The Morgan fingerprint density at radius 1 is 1.16 bits per heavy atom. The summed E-state index contributed by atoms with van der Waals surface area (Å²) >= 11 is 5.95. The smallest absolute Gasteiger partial charge is 0.260 e. The second kappa shape index (κ2) is 9.49. The molecule has 7 nitrogen and oxygen atoms in total. The summed E-state index contributed by atoms with van der Waals surface area (Å²) in [5, 5.41) is 4.71. The lowest BCUT2D eigenvalue weighted by Crippen LogP contribution is -2.50. The lowest BCUT2D eigenvalue weighted by atomic mass is 10.1. The van der Waals surface area contributed by atoms with Crippen molar-refractivity contribution in [1.29, 1.82) is 0 Å². The maximum atomic E-state index is 12.5. The normalized spacial score (nSPS) is 15.6. The highest BCUT2D eigenvalue weighted by atomic mass is 35.5. The van der Waals surface area contributed by atoms with Crippen LogP contribution in [0.2, 0.25) is 5.02 Å².